The van der Waals surface area contributed by atoms with Gasteiger partial charge in [0, 0.05) is 19.5 Å². The van der Waals surface area contributed by atoms with E-state index in [4.69, 9.17) is 0 Å². The van der Waals surface area contributed by atoms with Crippen LogP contribution in [-0.4, -0.2) is 25.2 Å². The van der Waals surface area contributed by atoms with Crippen LogP contribution >= 0.6 is 0 Å². The van der Waals surface area contributed by atoms with E-state index in [-0.39, 0.29) is 21.7 Å². The highest BCUT2D eigenvalue weighted by atomic mass is 32.2. The highest BCUT2D eigenvalue weighted by Crippen LogP contribution is 2.21. The van der Waals surface area contributed by atoms with Gasteiger partial charge in [0.05, 0.1) is 16.8 Å². The van der Waals surface area contributed by atoms with Gasteiger partial charge in [0.1, 0.15) is 0 Å². The summed E-state index contributed by atoms with van der Waals surface area (Å²) in [4.78, 5) is 25.8. The van der Waals surface area contributed by atoms with E-state index >= 15 is 0 Å². The molecule has 0 saturated carbocycles. The minimum absolute atomic E-state index is 0.0615. The molecule has 0 unspecified atom stereocenters. The van der Waals surface area contributed by atoms with E-state index in [0.29, 0.717) is 11.4 Å². The zero-order chi connectivity index (χ0) is 17.0. The van der Waals surface area contributed by atoms with E-state index < -0.39 is 9.84 Å². The van der Waals surface area contributed by atoms with E-state index in [9.17, 15) is 18.0 Å². The molecule has 0 fully saturated rings. The lowest BCUT2D eigenvalue weighted by Gasteiger charge is -2.07. The molecular formula is C15H15N3O4S. The van der Waals surface area contributed by atoms with E-state index in [1.807, 2.05) is 0 Å². The van der Waals surface area contributed by atoms with Gasteiger partial charge in [-0.1, -0.05) is 0 Å². The number of carbonyl (C=O) groups is 2. The second-order valence-corrected chi connectivity index (χ2v) is 6.67. The first-order chi connectivity index (χ1) is 10.8. The van der Waals surface area contributed by atoms with E-state index in [1.54, 1.807) is 0 Å². The molecule has 1 aromatic heterocycles. The maximum absolute atomic E-state index is 12.5. The summed E-state index contributed by atoms with van der Waals surface area (Å²) in [7, 11) is -3.77. The van der Waals surface area contributed by atoms with Crippen molar-refractivity contribution in [3.8, 4) is 0 Å². The van der Waals surface area contributed by atoms with Gasteiger partial charge in [-0.05, 0) is 36.4 Å². The van der Waals surface area contributed by atoms with E-state index in [2.05, 4.69) is 15.6 Å². The number of sulfone groups is 1. The minimum atomic E-state index is -3.77. The van der Waals surface area contributed by atoms with Gasteiger partial charge in [0.15, 0.2) is 5.03 Å². The monoisotopic (exact) mass is 333 g/mol. The Morgan fingerprint density at radius 3 is 1.87 bits per heavy atom. The topological polar surface area (TPSA) is 105 Å². The fourth-order valence-corrected chi connectivity index (χ4v) is 3.03. The number of nitrogens with one attached hydrogen (secondary N) is 2. The lowest BCUT2D eigenvalue weighted by atomic mass is 10.3. The van der Waals surface area contributed by atoms with Crippen molar-refractivity contribution in [3.05, 3.63) is 42.6 Å². The first kappa shape index (κ1) is 16.6. The van der Waals surface area contributed by atoms with Gasteiger partial charge >= 0.3 is 0 Å². The fourth-order valence-electron chi connectivity index (χ4n) is 1.86. The molecule has 0 spiro atoms. The van der Waals surface area contributed by atoms with Crippen molar-refractivity contribution in [2.75, 3.05) is 10.6 Å². The molecule has 0 radical (unpaired) electrons. The Morgan fingerprint density at radius 1 is 0.870 bits per heavy atom. The van der Waals surface area contributed by atoms with Gasteiger partial charge in [0.25, 0.3) is 0 Å². The Morgan fingerprint density at radius 2 is 1.39 bits per heavy atom. The van der Waals surface area contributed by atoms with Crippen molar-refractivity contribution in [1.82, 2.24) is 4.98 Å². The van der Waals surface area contributed by atoms with Crippen molar-refractivity contribution < 1.29 is 18.0 Å². The van der Waals surface area contributed by atoms with Crippen LogP contribution in [0.3, 0.4) is 0 Å². The summed E-state index contributed by atoms with van der Waals surface area (Å²) in [6.45, 7) is 2.71. The van der Waals surface area contributed by atoms with Crippen LogP contribution in [0.5, 0.6) is 0 Å². The third-order valence-corrected chi connectivity index (χ3v) is 4.50. The average molecular weight is 333 g/mol. The second kappa shape index (κ2) is 6.57. The lowest BCUT2D eigenvalue weighted by Crippen LogP contribution is -2.09. The maximum atomic E-state index is 12.5. The van der Waals surface area contributed by atoms with Gasteiger partial charge < -0.3 is 10.6 Å². The molecule has 0 saturated heterocycles. The first-order valence-electron chi connectivity index (χ1n) is 6.65. The van der Waals surface area contributed by atoms with Gasteiger partial charge in [0.2, 0.25) is 21.7 Å². The van der Waals surface area contributed by atoms with Crippen molar-refractivity contribution in [2.45, 2.75) is 23.8 Å². The highest BCUT2D eigenvalue weighted by Gasteiger charge is 2.19. The highest BCUT2D eigenvalue weighted by molar-refractivity contribution is 7.91. The van der Waals surface area contributed by atoms with Crippen molar-refractivity contribution in [1.29, 1.82) is 0 Å². The van der Waals surface area contributed by atoms with Gasteiger partial charge in [-0.2, -0.15) is 0 Å². The number of carbonyl (C=O) groups excluding carboxylic acids is 2. The van der Waals surface area contributed by atoms with Gasteiger partial charge in [-0.3, -0.25) is 9.59 Å². The Hall–Kier alpha value is -2.74. The Labute approximate surface area is 133 Å². The van der Waals surface area contributed by atoms with Crippen LogP contribution in [0.25, 0.3) is 0 Å². The van der Waals surface area contributed by atoms with Crippen LogP contribution in [-0.2, 0) is 19.4 Å². The molecule has 7 nitrogen and oxygen atoms in total. The molecule has 120 valence electrons. The molecule has 0 aliphatic carbocycles. The van der Waals surface area contributed by atoms with Crippen LogP contribution in [0.15, 0.2) is 52.5 Å². The fraction of sp³-hybridized carbons (Fsp3) is 0.133. The zero-order valence-corrected chi connectivity index (χ0v) is 13.3. The maximum Gasteiger partial charge on any atom is 0.223 e. The summed E-state index contributed by atoms with van der Waals surface area (Å²) >= 11 is 0. The Bertz CT molecular complexity index is 763. The number of hydrogen-bond donors (Lipinski definition) is 2. The number of nitrogens with zero attached hydrogens (tertiary/aromatic N) is 1. The number of anilines is 2. The minimum Gasteiger partial charge on any atom is -0.326 e. The number of pyridine rings is 1. The molecule has 0 aliphatic rings. The van der Waals surface area contributed by atoms with E-state index in [1.165, 1.54) is 56.4 Å². The molecule has 0 bridgehead atoms. The van der Waals surface area contributed by atoms with Crippen molar-refractivity contribution in [2.24, 2.45) is 0 Å². The number of amides is 2. The predicted octanol–water partition coefficient (Wildman–Crippen LogP) is 1.83. The molecule has 0 atom stereocenters. The molecule has 0 aliphatic heterocycles. The number of benzene rings is 1. The summed E-state index contributed by atoms with van der Waals surface area (Å²) in [6, 6.07) is 8.57. The largest absolute Gasteiger partial charge is 0.326 e. The Balaban J connectivity index is 2.27. The summed E-state index contributed by atoms with van der Waals surface area (Å²) in [5.41, 5.74) is 0.919. The number of rotatable bonds is 4. The number of aromatic nitrogens is 1. The van der Waals surface area contributed by atoms with Crippen LogP contribution in [0.2, 0.25) is 0 Å². The molecule has 2 rings (SSSR count). The third-order valence-electron chi connectivity index (χ3n) is 2.82. The SMILES string of the molecule is CC(=O)Nc1ccc(S(=O)(=O)c2ccc(NC(C)=O)cn2)cc1. The average Bonchev–Trinajstić information content (AvgIpc) is 2.47. The standard InChI is InChI=1S/C15H15N3O4S/c1-10(19)17-12-3-6-14(7-4-12)23(21,22)15-8-5-13(9-16-15)18-11(2)20/h3-9H,1-2H3,(H,17,19)(H,18,20). The molecule has 23 heavy (non-hydrogen) atoms. The lowest BCUT2D eigenvalue weighted by molar-refractivity contribution is -0.115. The van der Waals surface area contributed by atoms with Crippen molar-refractivity contribution >= 4 is 33.0 Å². The Kier molecular flexibility index (Phi) is 4.75. The first-order valence-corrected chi connectivity index (χ1v) is 8.14. The summed E-state index contributed by atoms with van der Waals surface area (Å²) in [5.74, 6) is -0.508. The third kappa shape index (κ3) is 4.13. The number of hydrogen-bond acceptors (Lipinski definition) is 5. The van der Waals surface area contributed by atoms with Gasteiger partial charge in [-0.25, -0.2) is 13.4 Å². The van der Waals surface area contributed by atoms with Crippen molar-refractivity contribution in [3.63, 3.8) is 0 Å². The molecule has 2 aromatic rings. The smallest absolute Gasteiger partial charge is 0.223 e. The van der Waals surface area contributed by atoms with Crippen LogP contribution in [0.4, 0.5) is 11.4 Å². The molecule has 1 aromatic carbocycles. The van der Waals surface area contributed by atoms with Gasteiger partial charge in [-0.15, -0.1) is 0 Å². The molecule has 2 amide bonds. The summed E-state index contributed by atoms with van der Waals surface area (Å²) < 4.78 is 24.9. The summed E-state index contributed by atoms with van der Waals surface area (Å²) in [5, 5.41) is 4.95. The molecule has 2 N–H and O–H groups in total. The zero-order valence-electron chi connectivity index (χ0n) is 12.5. The predicted molar refractivity (Wildman–Crippen MR) is 84.7 cm³/mol. The molecular weight excluding hydrogens is 318 g/mol. The normalized spacial score (nSPS) is 10.9. The molecule has 8 heteroatoms. The van der Waals surface area contributed by atoms with Crippen LogP contribution in [0.1, 0.15) is 13.8 Å². The molecule has 1 heterocycles. The summed E-state index contributed by atoms with van der Waals surface area (Å²) in [6.07, 6.45) is 1.28. The van der Waals surface area contributed by atoms with Crippen LogP contribution in [0, 0.1) is 0 Å². The second-order valence-electron chi connectivity index (χ2n) is 4.78. The van der Waals surface area contributed by atoms with E-state index in [0.717, 1.165) is 0 Å². The van der Waals surface area contributed by atoms with Crippen LogP contribution < -0.4 is 10.6 Å². The quantitative estimate of drug-likeness (QED) is 0.888.